The van der Waals surface area contributed by atoms with Gasteiger partial charge in [-0.25, -0.2) is 0 Å². The lowest BCUT2D eigenvalue weighted by molar-refractivity contribution is 0.197. The van der Waals surface area contributed by atoms with Crippen LogP contribution in [0.2, 0.25) is 0 Å². The van der Waals surface area contributed by atoms with Crippen molar-refractivity contribution in [2.75, 3.05) is 26.7 Å². The highest BCUT2D eigenvalue weighted by atomic mass is 16.6. The van der Waals surface area contributed by atoms with Crippen molar-refractivity contribution in [3.05, 3.63) is 0 Å². The molecule has 0 aromatic carbocycles. The minimum atomic E-state index is 0.128. The Bertz CT molecular complexity index is 288. The lowest BCUT2D eigenvalue weighted by atomic mass is 9.77. The summed E-state index contributed by atoms with van der Waals surface area (Å²) in [6, 6.07) is 0. The van der Waals surface area contributed by atoms with Crippen molar-refractivity contribution in [3.8, 4) is 12.3 Å². The van der Waals surface area contributed by atoms with Crippen molar-refractivity contribution in [2.45, 2.75) is 19.3 Å². The largest absolute Gasteiger partial charge is 0.398 e. The summed E-state index contributed by atoms with van der Waals surface area (Å²) in [6.45, 7) is 3.44. The van der Waals surface area contributed by atoms with E-state index < -0.39 is 0 Å². The highest BCUT2D eigenvalue weighted by molar-refractivity contribution is 6.04. The van der Waals surface area contributed by atoms with Crippen molar-refractivity contribution in [3.63, 3.8) is 0 Å². The molecule has 2 aliphatic rings. The molecule has 14 heavy (non-hydrogen) atoms. The first-order valence-corrected chi connectivity index (χ1v) is 5.11. The molecule has 3 heteroatoms. The maximum absolute atomic E-state index is 5.49. The summed E-state index contributed by atoms with van der Waals surface area (Å²) in [4.78, 5) is 7.28. The smallest absolute Gasteiger partial charge is 0.136 e. The Kier molecular flexibility index (Phi) is 2.47. The summed E-state index contributed by atoms with van der Waals surface area (Å²) in [6.07, 6.45) is 9.02. The van der Waals surface area contributed by atoms with Crippen LogP contribution in [-0.2, 0) is 4.84 Å². The van der Waals surface area contributed by atoms with Crippen molar-refractivity contribution >= 4 is 5.71 Å². The van der Waals surface area contributed by atoms with Gasteiger partial charge in [-0.3, -0.25) is 0 Å². The number of terminal acetylenes is 1. The van der Waals surface area contributed by atoms with Crippen molar-refractivity contribution < 1.29 is 4.84 Å². The molecule has 76 valence electrons. The number of fused-ring (bicyclic) bond motifs is 2. The molecule has 2 fully saturated rings. The molecule has 0 spiro atoms. The third-order valence-corrected chi connectivity index (χ3v) is 3.38. The van der Waals surface area contributed by atoms with Gasteiger partial charge in [0.1, 0.15) is 12.8 Å². The summed E-state index contributed by atoms with van der Waals surface area (Å²) >= 11 is 0. The number of piperidine rings is 1. The van der Waals surface area contributed by atoms with Crippen LogP contribution < -0.4 is 0 Å². The Morgan fingerprint density at radius 3 is 3.07 bits per heavy atom. The standard InChI is InChI=1S/C11H16N2O/c1-3-10(12-14-2)11-5-4-7-13(9-11)8-6-11/h1H,4-9H2,2H3/t11-/m1/s1. The first-order valence-electron chi connectivity index (χ1n) is 5.11. The van der Waals surface area contributed by atoms with Crippen LogP contribution >= 0.6 is 0 Å². The van der Waals surface area contributed by atoms with E-state index in [1.165, 1.54) is 13.0 Å². The van der Waals surface area contributed by atoms with E-state index in [-0.39, 0.29) is 5.41 Å². The first-order chi connectivity index (χ1) is 6.80. The van der Waals surface area contributed by atoms with E-state index in [1.54, 1.807) is 7.11 Å². The van der Waals surface area contributed by atoms with E-state index in [4.69, 9.17) is 11.3 Å². The molecule has 2 aliphatic heterocycles. The van der Waals surface area contributed by atoms with E-state index in [9.17, 15) is 0 Å². The monoisotopic (exact) mass is 192 g/mol. The second kappa shape index (κ2) is 3.62. The van der Waals surface area contributed by atoms with Gasteiger partial charge in [0.15, 0.2) is 0 Å². The molecule has 2 saturated heterocycles. The van der Waals surface area contributed by atoms with E-state index >= 15 is 0 Å². The highest BCUT2D eigenvalue weighted by Crippen LogP contribution is 2.40. The lowest BCUT2D eigenvalue weighted by Gasteiger charge is -2.32. The fourth-order valence-electron chi connectivity index (χ4n) is 2.67. The second-order valence-corrected chi connectivity index (χ2v) is 4.18. The zero-order valence-electron chi connectivity index (χ0n) is 8.62. The van der Waals surface area contributed by atoms with Crippen LogP contribution in [0.5, 0.6) is 0 Å². The molecule has 3 nitrogen and oxygen atoms in total. The summed E-state index contributed by atoms with van der Waals surface area (Å²) in [7, 11) is 1.56. The topological polar surface area (TPSA) is 24.8 Å². The quantitative estimate of drug-likeness (QED) is 0.372. The SMILES string of the molecule is C#CC(=NOC)[C@]12CCCN(CC1)C2. The Labute approximate surface area is 85.1 Å². The van der Waals surface area contributed by atoms with E-state index in [1.807, 2.05) is 0 Å². The minimum absolute atomic E-state index is 0.128. The Morgan fingerprint density at radius 1 is 1.50 bits per heavy atom. The van der Waals surface area contributed by atoms with Gasteiger partial charge in [-0.15, -0.1) is 6.42 Å². The third-order valence-electron chi connectivity index (χ3n) is 3.38. The Hall–Kier alpha value is -1.01. The average molecular weight is 192 g/mol. The molecule has 0 radical (unpaired) electrons. The normalized spacial score (nSPS) is 36.6. The number of oxime groups is 1. The molecule has 0 amide bonds. The van der Waals surface area contributed by atoms with Crippen LogP contribution in [0.1, 0.15) is 19.3 Å². The lowest BCUT2D eigenvalue weighted by Crippen LogP contribution is -2.39. The van der Waals surface area contributed by atoms with E-state index in [2.05, 4.69) is 16.0 Å². The zero-order valence-corrected chi connectivity index (χ0v) is 8.62. The maximum Gasteiger partial charge on any atom is 0.136 e. The fourth-order valence-corrected chi connectivity index (χ4v) is 2.67. The van der Waals surface area contributed by atoms with Gasteiger partial charge in [0, 0.05) is 12.0 Å². The van der Waals surface area contributed by atoms with Crippen LogP contribution in [-0.4, -0.2) is 37.4 Å². The van der Waals surface area contributed by atoms with Gasteiger partial charge in [-0.2, -0.15) is 0 Å². The molecule has 2 rings (SSSR count). The summed E-state index contributed by atoms with van der Waals surface area (Å²) in [5.41, 5.74) is 0.936. The second-order valence-electron chi connectivity index (χ2n) is 4.18. The predicted octanol–water partition coefficient (Wildman–Crippen LogP) is 1.11. The van der Waals surface area contributed by atoms with Crippen molar-refractivity contribution in [1.29, 1.82) is 0 Å². The molecular weight excluding hydrogens is 176 g/mol. The first kappa shape index (κ1) is 9.54. The minimum Gasteiger partial charge on any atom is -0.398 e. The molecule has 1 unspecified atom stereocenters. The van der Waals surface area contributed by atoms with Gasteiger partial charge in [-0.1, -0.05) is 11.1 Å². The molecule has 2 atom stereocenters. The maximum atomic E-state index is 5.49. The molecule has 0 saturated carbocycles. The summed E-state index contributed by atoms with van der Waals surface area (Å²) in [5, 5.41) is 3.99. The summed E-state index contributed by atoms with van der Waals surface area (Å²) < 4.78 is 0. The number of nitrogens with zero attached hydrogens (tertiary/aromatic N) is 2. The van der Waals surface area contributed by atoms with E-state index in [0.717, 1.165) is 31.6 Å². The van der Waals surface area contributed by atoms with Gasteiger partial charge in [-0.05, 0) is 32.4 Å². The third kappa shape index (κ3) is 1.40. The van der Waals surface area contributed by atoms with E-state index in [0.29, 0.717) is 0 Å². The average Bonchev–Trinajstić information content (AvgIpc) is 2.51. The molecule has 0 aromatic heterocycles. The molecule has 0 aliphatic carbocycles. The fraction of sp³-hybridized carbons (Fsp3) is 0.727. The van der Waals surface area contributed by atoms with Gasteiger partial charge in [0.05, 0.1) is 0 Å². The van der Waals surface area contributed by atoms with Crippen LogP contribution in [0, 0.1) is 17.8 Å². The molecule has 2 bridgehead atoms. The van der Waals surface area contributed by atoms with Gasteiger partial charge in [0.25, 0.3) is 0 Å². The molecular formula is C11H16N2O. The predicted molar refractivity (Wildman–Crippen MR) is 56.0 cm³/mol. The van der Waals surface area contributed by atoms with Crippen LogP contribution in [0.4, 0.5) is 0 Å². The molecule has 0 aromatic rings. The van der Waals surface area contributed by atoms with Crippen molar-refractivity contribution in [1.82, 2.24) is 4.90 Å². The van der Waals surface area contributed by atoms with Crippen molar-refractivity contribution in [2.24, 2.45) is 10.6 Å². The zero-order chi connectivity index (χ0) is 10.0. The Balaban J connectivity index is 2.23. The Morgan fingerprint density at radius 2 is 2.36 bits per heavy atom. The number of hydrogen-bond acceptors (Lipinski definition) is 3. The molecule has 0 N–H and O–H groups in total. The van der Waals surface area contributed by atoms with Gasteiger partial charge >= 0.3 is 0 Å². The molecule has 2 heterocycles. The van der Waals surface area contributed by atoms with Gasteiger partial charge < -0.3 is 9.74 Å². The number of rotatable bonds is 2. The van der Waals surface area contributed by atoms with Crippen LogP contribution in [0.25, 0.3) is 0 Å². The van der Waals surface area contributed by atoms with Gasteiger partial charge in [0.2, 0.25) is 0 Å². The van der Waals surface area contributed by atoms with Crippen LogP contribution in [0.15, 0.2) is 5.16 Å². The number of hydrogen-bond donors (Lipinski definition) is 0. The highest BCUT2D eigenvalue weighted by Gasteiger charge is 2.44. The summed E-state index contributed by atoms with van der Waals surface area (Å²) in [5.74, 6) is 2.69. The van der Waals surface area contributed by atoms with Crippen LogP contribution in [0.3, 0.4) is 0 Å².